The lowest BCUT2D eigenvalue weighted by Gasteiger charge is -2.16. The summed E-state index contributed by atoms with van der Waals surface area (Å²) >= 11 is 1.95. The van der Waals surface area contributed by atoms with Gasteiger partial charge in [0.25, 0.3) is 0 Å². The zero-order valence-electron chi connectivity index (χ0n) is 14.9. The van der Waals surface area contributed by atoms with E-state index in [4.69, 9.17) is 10.7 Å². The fraction of sp³-hybridized carbons (Fsp3) is 0.550. The van der Waals surface area contributed by atoms with Gasteiger partial charge in [-0.2, -0.15) is 0 Å². The average molecular weight is 378 g/mol. The van der Waals surface area contributed by atoms with Crippen LogP contribution in [0.25, 0.3) is 0 Å². The lowest BCUT2D eigenvalue weighted by atomic mass is 9.89. The van der Waals surface area contributed by atoms with E-state index in [0.717, 1.165) is 32.1 Å². The Morgan fingerprint density at radius 2 is 2.04 bits per heavy atom. The minimum Gasteiger partial charge on any atom is -0.330 e. The molecule has 0 saturated carbocycles. The zero-order valence-corrected chi connectivity index (χ0v) is 16.5. The van der Waals surface area contributed by atoms with E-state index in [1.807, 2.05) is 11.3 Å². The first-order valence-corrected chi connectivity index (χ1v) is 9.99. The van der Waals surface area contributed by atoms with Crippen molar-refractivity contribution in [2.24, 2.45) is 17.6 Å². The molecule has 1 aromatic carbocycles. The van der Waals surface area contributed by atoms with Gasteiger partial charge in [0.15, 0.2) is 0 Å². The Morgan fingerprint density at radius 1 is 1.24 bits per heavy atom. The van der Waals surface area contributed by atoms with Crippen molar-refractivity contribution in [3.05, 3.63) is 51.5 Å². The van der Waals surface area contributed by atoms with Gasteiger partial charge in [0.2, 0.25) is 0 Å². The third-order valence-electron chi connectivity index (χ3n) is 5.64. The molecule has 25 heavy (non-hydrogen) atoms. The number of fused-ring (bicyclic) bond motifs is 1. The van der Waals surface area contributed by atoms with E-state index in [9.17, 15) is 0 Å². The second kappa shape index (κ2) is 8.17. The van der Waals surface area contributed by atoms with Gasteiger partial charge in [0, 0.05) is 23.9 Å². The summed E-state index contributed by atoms with van der Waals surface area (Å²) in [5.74, 6) is 1.94. The molecule has 1 aliphatic heterocycles. The predicted octanol–water partition coefficient (Wildman–Crippen LogP) is 3.86. The quantitative estimate of drug-likeness (QED) is 0.879. The monoisotopic (exact) mass is 377 g/mol. The van der Waals surface area contributed by atoms with E-state index >= 15 is 0 Å². The van der Waals surface area contributed by atoms with Gasteiger partial charge >= 0.3 is 0 Å². The third-order valence-corrected chi connectivity index (χ3v) is 6.74. The fourth-order valence-electron chi connectivity index (χ4n) is 4.26. The summed E-state index contributed by atoms with van der Waals surface area (Å²) in [6, 6.07) is 10.9. The maximum atomic E-state index is 6.07. The molecule has 2 aromatic rings. The van der Waals surface area contributed by atoms with Crippen LogP contribution in [0.4, 0.5) is 0 Å². The highest BCUT2D eigenvalue weighted by molar-refractivity contribution is 7.11. The molecule has 3 nitrogen and oxygen atoms in total. The Labute approximate surface area is 161 Å². The second-order valence-electron chi connectivity index (χ2n) is 7.53. The number of thiazole rings is 1. The number of hydrogen-bond donors (Lipinski definition) is 1. The minimum atomic E-state index is 0. The normalized spacial score (nSPS) is 26.2. The number of rotatable bonds is 4. The molecule has 2 heterocycles. The zero-order chi connectivity index (χ0) is 16.5. The average Bonchev–Trinajstić information content (AvgIpc) is 3.18. The van der Waals surface area contributed by atoms with Crippen LogP contribution >= 0.6 is 23.7 Å². The number of benzene rings is 1. The first-order valence-electron chi connectivity index (χ1n) is 9.17. The van der Waals surface area contributed by atoms with Crippen molar-refractivity contribution in [3.63, 3.8) is 0 Å². The lowest BCUT2D eigenvalue weighted by Crippen LogP contribution is -2.23. The van der Waals surface area contributed by atoms with Gasteiger partial charge in [-0.15, -0.1) is 23.7 Å². The summed E-state index contributed by atoms with van der Waals surface area (Å²) in [7, 11) is 0. The van der Waals surface area contributed by atoms with Crippen molar-refractivity contribution in [3.8, 4) is 0 Å². The molecule has 1 aromatic heterocycles. The maximum Gasteiger partial charge on any atom is 0.107 e. The predicted molar refractivity (Wildman–Crippen MR) is 108 cm³/mol. The van der Waals surface area contributed by atoms with Crippen molar-refractivity contribution in [1.82, 2.24) is 9.88 Å². The van der Waals surface area contributed by atoms with E-state index in [0.29, 0.717) is 11.8 Å². The smallest absolute Gasteiger partial charge is 0.107 e. The van der Waals surface area contributed by atoms with Gasteiger partial charge in [-0.25, -0.2) is 4.98 Å². The number of halogens is 1. The molecule has 0 spiro atoms. The standard InChI is InChI=1S/C20H27N3S.ClH/c1-14-7-8-18-19(9-14)24-20(22-18)13-23-11-16(10-21)17(12-23)15-5-3-2-4-6-15;/h2-6,14,16-17H,7-13,21H2,1H3;1H/t14?,16-,17+;/m1./s1. The van der Waals surface area contributed by atoms with Gasteiger partial charge in [-0.3, -0.25) is 4.90 Å². The van der Waals surface area contributed by atoms with Crippen LogP contribution in [0.15, 0.2) is 30.3 Å². The Balaban J connectivity index is 0.00000182. The van der Waals surface area contributed by atoms with Crippen LogP contribution in [-0.2, 0) is 19.4 Å². The van der Waals surface area contributed by atoms with E-state index < -0.39 is 0 Å². The molecule has 2 aliphatic rings. The molecule has 4 rings (SSSR count). The van der Waals surface area contributed by atoms with Gasteiger partial charge in [-0.1, -0.05) is 37.3 Å². The molecule has 5 heteroatoms. The molecular weight excluding hydrogens is 350 g/mol. The van der Waals surface area contributed by atoms with Crippen molar-refractivity contribution in [1.29, 1.82) is 0 Å². The topological polar surface area (TPSA) is 42.2 Å². The highest BCUT2D eigenvalue weighted by Gasteiger charge is 2.33. The molecule has 1 saturated heterocycles. The molecule has 0 bridgehead atoms. The largest absolute Gasteiger partial charge is 0.330 e. The number of aromatic nitrogens is 1. The summed E-state index contributed by atoms with van der Waals surface area (Å²) in [6.45, 7) is 6.32. The van der Waals surface area contributed by atoms with Gasteiger partial charge < -0.3 is 5.73 Å². The molecule has 1 fully saturated rings. The van der Waals surface area contributed by atoms with Crippen LogP contribution in [-0.4, -0.2) is 29.5 Å². The third kappa shape index (κ3) is 4.08. The number of aryl methyl sites for hydroxylation is 1. The van der Waals surface area contributed by atoms with Gasteiger partial charge in [0.1, 0.15) is 5.01 Å². The summed E-state index contributed by atoms with van der Waals surface area (Å²) in [5, 5.41) is 1.30. The van der Waals surface area contributed by atoms with E-state index in [1.165, 1.54) is 40.4 Å². The minimum absolute atomic E-state index is 0. The van der Waals surface area contributed by atoms with Gasteiger partial charge in [0.05, 0.1) is 12.2 Å². The summed E-state index contributed by atoms with van der Waals surface area (Å²) in [4.78, 5) is 9.04. The highest BCUT2D eigenvalue weighted by atomic mass is 35.5. The molecule has 3 atom stereocenters. The van der Waals surface area contributed by atoms with Crippen molar-refractivity contribution in [2.45, 2.75) is 38.6 Å². The summed E-state index contributed by atoms with van der Waals surface area (Å²) < 4.78 is 0. The van der Waals surface area contributed by atoms with E-state index in [-0.39, 0.29) is 12.4 Å². The fourth-order valence-corrected chi connectivity index (χ4v) is 5.58. The van der Waals surface area contributed by atoms with E-state index in [1.54, 1.807) is 0 Å². The Hall–Kier alpha value is -0.940. The lowest BCUT2D eigenvalue weighted by molar-refractivity contribution is 0.316. The molecule has 0 radical (unpaired) electrons. The molecule has 1 unspecified atom stereocenters. The number of nitrogens with two attached hydrogens (primary N) is 1. The second-order valence-corrected chi connectivity index (χ2v) is 8.70. The van der Waals surface area contributed by atoms with Crippen LogP contribution in [0.5, 0.6) is 0 Å². The SMILES string of the molecule is CC1CCc2nc(CN3C[C@@H](CN)[C@H](c4ccccc4)C3)sc2C1.Cl. The van der Waals surface area contributed by atoms with Crippen LogP contribution in [0.2, 0.25) is 0 Å². The molecule has 0 amide bonds. The summed E-state index contributed by atoms with van der Waals surface area (Å²) in [6.07, 6.45) is 3.70. The number of hydrogen-bond acceptors (Lipinski definition) is 4. The molecule has 1 aliphatic carbocycles. The first kappa shape index (κ1) is 18.8. The first-order chi connectivity index (χ1) is 11.7. The van der Waals surface area contributed by atoms with Crippen molar-refractivity contribution in [2.75, 3.05) is 19.6 Å². The Kier molecular flexibility index (Phi) is 6.16. The number of nitrogens with zero attached hydrogens (tertiary/aromatic N) is 2. The number of likely N-dealkylation sites (tertiary alicyclic amines) is 1. The van der Waals surface area contributed by atoms with Crippen LogP contribution in [0.3, 0.4) is 0 Å². The van der Waals surface area contributed by atoms with Crippen LogP contribution in [0, 0.1) is 11.8 Å². The molecule has 2 N–H and O–H groups in total. The Morgan fingerprint density at radius 3 is 2.80 bits per heavy atom. The Bertz CT molecular complexity index is 688. The van der Waals surface area contributed by atoms with Crippen molar-refractivity contribution < 1.29 is 0 Å². The van der Waals surface area contributed by atoms with Gasteiger partial charge in [-0.05, 0) is 43.2 Å². The van der Waals surface area contributed by atoms with Crippen molar-refractivity contribution >= 4 is 23.7 Å². The maximum absolute atomic E-state index is 6.07. The van der Waals surface area contributed by atoms with Crippen LogP contribution in [0.1, 0.15) is 40.4 Å². The molecular formula is C20H28ClN3S. The summed E-state index contributed by atoms with van der Waals surface area (Å²) in [5.41, 5.74) is 8.88. The van der Waals surface area contributed by atoms with E-state index in [2.05, 4.69) is 42.2 Å². The van der Waals surface area contributed by atoms with Crippen LogP contribution < -0.4 is 5.73 Å². The highest BCUT2D eigenvalue weighted by Crippen LogP contribution is 2.35. The molecule has 136 valence electrons.